The molecule has 17 nitrogen and oxygen atoms in total. The number of nitrogens with zero attached hydrogens (tertiary/aromatic N) is 5. The number of carbonyl (C=O) groups is 5. The summed E-state index contributed by atoms with van der Waals surface area (Å²) < 4.78 is 0. The van der Waals surface area contributed by atoms with Crippen LogP contribution in [0.2, 0.25) is 5.02 Å². The number of aliphatic hydroxyl groups is 1. The molecular weight excluding hydrogens is 1020 g/mol. The highest BCUT2D eigenvalue weighted by Gasteiger charge is 2.44. The fourth-order valence-electron chi connectivity index (χ4n) is 9.54. The number of thiazole rings is 1. The number of benzene rings is 2. The number of hydrogen-bond donors (Lipinski definition) is 7. The van der Waals surface area contributed by atoms with E-state index in [1.807, 2.05) is 70.5 Å². The largest absolute Gasteiger partial charge is 0.391 e. The molecule has 2 saturated heterocycles. The molecule has 0 saturated carbocycles. The van der Waals surface area contributed by atoms with Crippen molar-refractivity contribution in [2.45, 2.75) is 172 Å². The number of β-amino-alcohol motifs (C(OH)–C–C–N with tert-alkyl or cyclic N) is 1. The Morgan fingerprint density at radius 2 is 1.55 bits per heavy atom. The zero-order valence-corrected chi connectivity index (χ0v) is 47.6. The molecule has 414 valence electrons. The fraction of sp³-hybridized carbons (Fsp3) is 0.571. The average molecular weight is 1100 g/mol. The molecule has 1 unspecified atom stereocenters. The number of carbonyl (C=O) groups excluding carboxylic acids is 5. The van der Waals surface area contributed by atoms with Crippen LogP contribution in [0.3, 0.4) is 0 Å². The predicted octanol–water partition coefficient (Wildman–Crippen LogP) is 8.97. The Morgan fingerprint density at radius 3 is 2.18 bits per heavy atom. The molecule has 6 rings (SSSR count). The number of nitrogens with two attached hydrogens (primary N) is 2. The number of anilines is 3. The summed E-state index contributed by atoms with van der Waals surface area (Å²) in [5.41, 5.74) is 17.0. The second kappa shape index (κ2) is 28.3. The normalized spacial score (nSPS) is 17.2. The van der Waals surface area contributed by atoms with Crippen molar-refractivity contribution < 1.29 is 29.1 Å². The number of aromatic nitrogens is 3. The van der Waals surface area contributed by atoms with E-state index in [1.54, 1.807) is 29.7 Å². The third kappa shape index (κ3) is 17.3. The Balaban J connectivity index is 0.801. The van der Waals surface area contributed by atoms with Crippen molar-refractivity contribution in [1.82, 2.24) is 35.8 Å². The van der Waals surface area contributed by atoms with Gasteiger partial charge in [0.25, 0.3) is 0 Å². The van der Waals surface area contributed by atoms with Crippen molar-refractivity contribution in [3.05, 3.63) is 70.5 Å². The molecule has 2 aromatic carbocycles. The summed E-state index contributed by atoms with van der Waals surface area (Å²) in [7, 11) is 0. The highest BCUT2D eigenvalue weighted by molar-refractivity contribution is 7.99. The Morgan fingerprint density at radius 1 is 0.895 bits per heavy atom. The Hall–Kier alpha value is -5.34. The number of aliphatic hydroxyl groups excluding tert-OH is 1. The minimum Gasteiger partial charge on any atom is -0.391 e. The average Bonchev–Trinajstić information content (AvgIpc) is 4.02. The first-order valence-corrected chi connectivity index (χ1v) is 29.0. The number of amides is 5. The smallest absolute Gasteiger partial charge is 0.246 e. The van der Waals surface area contributed by atoms with Crippen molar-refractivity contribution >= 4 is 81.6 Å². The molecule has 2 aliphatic heterocycles. The van der Waals surface area contributed by atoms with Gasteiger partial charge in [-0.05, 0) is 80.2 Å². The molecule has 5 amide bonds. The molecule has 2 aliphatic rings. The van der Waals surface area contributed by atoms with Gasteiger partial charge in [0, 0.05) is 56.8 Å². The number of hydrogen-bond acceptors (Lipinski definition) is 14. The van der Waals surface area contributed by atoms with Gasteiger partial charge in [0.15, 0.2) is 5.82 Å². The van der Waals surface area contributed by atoms with Crippen LogP contribution in [0.5, 0.6) is 0 Å². The maximum Gasteiger partial charge on any atom is 0.246 e. The number of halogens is 1. The maximum absolute atomic E-state index is 14.1. The van der Waals surface area contributed by atoms with Crippen LogP contribution in [0.1, 0.15) is 148 Å². The lowest BCUT2D eigenvalue weighted by Crippen LogP contribution is -2.57. The molecule has 9 N–H and O–H groups in total. The quantitative estimate of drug-likeness (QED) is 0.0290. The Labute approximate surface area is 462 Å². The summed E-state index contributed by atoms with van der Waals surface area (Å²) in [5.74, 6) is -0.387. The predicted molar refractivity (Wildman–Crippen MR) is 304 cm³/mol. The molecule has 0 aliphatic carbocycles. The van der Waals surface area contributed by atoms with Gasteiger partial charge in [-0.1, -0.05) is 126 Å². The molecule has 76 heavy (non-hydrogen) atoms. The highest BCUT2D eigenvalue weighted by Crippen LogP contribution is 2.39. The van der Waals surface area contributed by atoms with Crippen LogP contribution in [0.15, 0.2) is 64.1 Å². The third-order valence-electron chi connectivity index (χ3n) is 14.5. The summed E-state index contributed by atoms with van der Waals surface area (Å²) in [6.07, 6.45) is 12.0. The lowest BCUT2D eigenvalue weighted by atomic mass is 9.80. The van der Waals surface area contributed by atoms with Crippen molar-refractivity contribution in [3.8, 4) is 10.4 Å². The van der Waals surface area contributed by atoms with E-state index in [0.29, 0.717) is 52.4 Å². The van der Waals surface area contributed by atoms with Crippen molar-refractivity contribution in [1.29, 1.82) is 0 Å². The fourth-order valence-corrected chi connectivity index (χ4v) is 11.4. The van der Waals surface area contributed by atoms with Gasteiger partial charge < -0.3 is 47.6 Å². The minimum absolute atomic E-state index is 0.0149. The number of rotatable bonds is 26. The summed E-state index contributed by atoms with van der Waals surface area (Å²) in [5, 5.41) is 23.3. The van der Waals surface area contributed by atoms with Gasteiger partial charge in [-0.25, -0.2) is 15.0 Å². The Kier molecular flexibility index (Phi) is 22.3. The van der Waals surface area contributed by atoms with Gasteiger partial charge in [-0.15, -0.1) is 11.3 Å². The van der Waals surface area contributed by atoms with Crippen LogP contribution in [0.4, 0.5) is 17.3 Å². The molecular formula is C56H80ClN11O6S2. The van der Waals surface area contributed by atoms with E-state index >= 15 is 0 Å². The lowest BCUT2D eigenvalue weighted by molar-refractivity contribution is -0.144. The van der Waals surface area contributed by atoms with Gasteiger partial charge in [-0.3, -0.25) is 24.0 Å². The van der Waals surface area contributed by atoms with Crippen LogP contribution in [0, 0.1) is 17.8 Å². The first-order valence-electron chi connectivity index (χ1n) is 26.9. The van der Waals surface area contributed by atoms with E-state index in [2.05, 4.69) is 48.0 Å². The van der Waals surface area contributed by atoms with Crippen molar-refractivity contribution in [2.75, 3.05) is 48.7 Å². The standard InChI is InChI=1S/C56H80ClN11O6S2/c1-36(38-20-22-39(23-21-38)49-37(2)62-35-75-49)63-52(73)42-31-40(69)33-68(42)54(74)50(55(3,4)5)66-46(71)19-14-12-10-8-7-9-11-13-15-28-60-45(70)24-25-47(72)64-41-17-16-18-43(48(41)57)76-53-51(59)65-44(32-61-53)67-29-26-56(6,34-58)27-30-67/h16-18,20-23,32,35-36,40,42,50,69H,7-15,19,24-31,33-34,58H2,1-6H3,(H2,59,65)(H,60,70)(H,63,73)(H,64,72)(H,66,71)/t36-,40+,42-,50?/m1/s1. The number of aryl methyl sites for hydroxylation is 1. The van der Waals surface area contributed by atoms with E-state index < -0.39 is 23.6 Å². The van der Waals surface area contributed by atoms with E-state index in [9.17, 15) is 29.1 Å². The minimum atomic E-state index is -0.867. The van der Waals surface area contributed by atoms with Crippen LogP contribution >= 0.6 is 34.7 Å². The number of nitrogen functional groups attached to an aromatic ring is 1. The second-order valence-corrected chi connectivity index (χ2v) is 24.1. The molecule has 2 aromatic heterocycles. The maximum atomic E-state index is 14.1. The molecule has 4 aromatic rings. The van der Waals surface area contributed by atoms with Crippen LogP contribution in [0.25, 0.3) is 10.4 Å². The molecule has 4 atom stereocenters. The number of nitrogens with one attached hydrogen (secondary N) is 4. The third-order valence-corrected chi connectivity index (χ3v) is 17.1. The van der Waals surface area contributed by atoms with Crippen molar-refractivity contribution in [3.63, 3.8) is 0 Å². The molecule has 2 fully saturated rings. The van der Waals surface area contributed by atoms with E-state index in [0.717, 1.165) is 105 Å². The van der Waals surface area contributed by atoms with Gasteiger partial charge >= 0.3 is 0 Å². The number of likely N-dealkylation sites (tertiary alicyclic amines) is 1. The lowest BCUT2D eigenvalue weighted by Gasteiger charge is -2.39. The number of piperidine rings is 1. The van der Waals surface area contributed by atoms with Gasteiger partial charge in [-0.2, -0.15) is 0 Å². The number of unbranched alkanes of at least 4 members (excludes halogenated alkanes) is 8. The summed E-state index contributed by atoms with van der Waals surface area (Å²) >= 11 is 9.56. The summed E-state index contributed by atoms with van der Waals surface area (Å²) in [6.45, 7) is 14.6. The monoisotopic (exact) mass is 1100 g/mol. The topological polar surface area (TPSA) is 251 Å². The molecule has 4 heterocycles. The van der Waals surface area contributed by atoms with Crippen LogP contribution in [-0.4, -0.2) is 105 Å². The zero-order valence-electron chi connectivity index (χ0n) is 45.2. The molecule has 20 heteroatoms. The van der Waals surface area contributed by atoms with E-state index in [-0.39, 0.29) is 66.8 Å². The van der Waals surface area contributed by atoms with Gasteiger partial charge in [0.1, 0.15) is 22.9 Å². The van der Waals surface area contributed by atoms with Crippen molar-refractivity contribution in [2.24, 2.45) is 16.6 Å². The van der Waals surface area contributed by atoms with E-state index in [1.165, 1.54) is 16.7 Å². The second-order valence-electron chi connectivity index (χ2n) is 21.9. The molecule has 0 radical (unpaired) electrons. The van der Waals surface area contributed by atoms with Gasteiger partial charge in [0.05, 0.1) is 45.1 Å². The SMILES string of the molecule is Cc1ncsc1-c1ccc([C@@H](C)NC(=O)[C@H]2C[C@H](O)CN2C(=O)C(NC(=O)CCCCCCCCCCCNC(=O)CCC(=O)Nc2cccc(Sc3ncc(N4CCC(C)(CN)CC4)nc3N)c2Cl)C(C)(C)C)cc1. The Bertz CT molecular complexity index is 2590. The summed E-state index contributed by atoms with van der Waals surface area (Å²) in [6, 6.07) is 11.2. The van der Waals surface area contributed by atoms with E-state index in [4.69, 9.17) is 23.1 Å². The molecule has 0 spiro atoms. The van der Waals surface area contributed by atoms with Crippen LogP contribution < -0.4 is 37.6 Å². The molecule has 0 bridgehead atoms. The first kappa shape index (κ1) is 59.9. The van der Waals surface area contributed by atoms with Gasteiger partial charge in [0.2, 0.25) is 29.5 Å². The summed E-state index contributed by atoms with van der Waals surface area (Å²) in [4.78, 5) is 85.2. The first-order chi connectivity index (χ1) is 36.2. The zero-order chi connectivity index (χ0) is 55.0. The van der Waals surface area contributed by atoms with Crippen LogP contribution in [-0.2, 0) is 24.0 Å². The highest BCUT2D eigenvalue weighted by atomic mass is 35.5.